The van der Waals surface area contributed by atoms with E-state index in [-0.39, 0.29) is 24.8 Å². The number of piperidine rings is 1. The summed E-state index contributed by atoms with van der Waals surface area (Å²) in [6, 6.07) is 1.02. The first kappa shape index (κ1) is 12.7. The number of imide groups is 1. The van der Waals surface area contributed by atoms with Crippen LogP contribution in [0, 0.1) is 0 Å². The van der Waals surface area contributed by atoms with E-state index in [0.717, 1.165) is 4.88 Å². The Hall–Kier alpha value is -1.73. The molecular formula is C11H13N3O3S. The molecule has 3 amide bonds. The monoisotopic (exact) mass is 267 g/mol. The Morgan fingerprint density at radius 3 is 3.00 bits per heavy atom. The maximum Gasteiger partial charge on any atom is 0.253 e. The third kappa shape index (κ3) is 2.57. The van der Waals surface area contributed by atoms with E-state index in [1.807, 2.05) is 0 Å². The summed E-state index contributed by atoms with van der Waals surface area (Å²) in [5.41, 5.74) is 6.01. The number of rotatable bonds is 3. The van der Waals surface area contributed by atoms with E-state index in [4.69, 9.17) is 5.73 Å². The Kier molecular flexibility index (Phi) is 3.73. The third-order valence-electron chi connectivity index (χ3n) is 2.72. The van der Waals surface area contributed by atoms with E-state index in [9.17, 15) is 14.4 Å². The molecule has 2 rings (SSSR count). The minimum Gasteiger partial charge on any atom is -0.340 e. The third-order valence-corrected chi connectivity index (χ3v) is 3.66. The van der Waals surface area contributed by atoms with Crippen LogP contribution in [0.5, 0.6) is 0 Å². The zero-order valence-corrected chi connectivity index (χ0v) is 10.4. The Bertz CT molecular complexity index is 497. The van der Waals surface area contributed by atoms with Gasteiger partial charge < -0.3 is 11.1 Å². The molecule has 0 aliphatic carbocycles. The van der Waals surface area contributed by atoms with E-state index in [2.05, 4.69) is 10.6 Å². The van der Waals surface area contributed by atoms with Crippen LogP contribution in [0.25, 0.3) is 0 Å². The summed E-state index contributed by atoms with van der Waals surface area (Å²) in [5, 5.41) is 6.59. The van der Waals surface area contributed by atoms with Gasteiger partial charge in [-0.1, -0.05) is 0 Å². The van der Waals surface area contributed by atoms with Crippen LogP contribution < -0.4 is 16.4 Å². The molecular weight excluding hydrogens is 254 g/mol. The normalized spacial score (nSPS) is 19.5. The molecule has 1 fully saturated rings. The Balaban J connectivity index is 2.03. The van der Waals surface area contributed by atoms with Gasteiger partial charge in [0.1, 0.15) is 6.04 Å². The van der Waals surface area contributed by atoms with Gasteiger partial charge in [0.2, 0.25) is 11.8 Å². The van der Waals surface area contributed by atoms with Crippen LogP contribution in [-0.4, -0.2) is 23.8 Å². The molecule has 1 aromatic heterocycles. The fourth-order valence-corrected chi connectivity index (χ4v) is 2.52. The highest BCUT2D eigenvalue weighted by molar-refractivity contribution is 7.10. The van der Waals surface area contributed by atoms with Crippen LogP contribution in [0.15, 0.2) is 11.4 Å². The number of nitrogens with two attached hydrogens (primary N) is 1. The second kappa shape index (κ2) is 5.28. The van der Waals surface area contributed by atoms with Crippen molar-refractivity contribution in [2.45, 2.75) is 25.4 Å². The van der Waals surface area contributed by atoms with Gasteiger partial charge in [-0.15, -0.1) is 11.3 Å². The molecule has 0 radical (unpaired) electrons. The Morgan fingerprint density at radius 1 is 1.56 bits per heavy atom. The molecule has 0 aromatic carbocycles. The number of amides is 3. The molecule has 7 heteroatoms. The number of carbonyl (C=O) groups excluding carboxylic acids is 3. The lowest BCUT2D eigenvalue weighted by Crippen LogP contribution is -2.52. The molecule has 18 heavy (non-hydrogen) atoms. The largest absolute Gasteiger partial charge is 0.340 e. The molecule has 6 nitrogen and oxygen atoms in total. The molecule has 0 spiro atoms. The number of thiophene rings is 1. The van der Waals surface area contributed by atoms with Crippen LogP contribution >= 0.6 is 11.3 Å². The van der Waals surface area contributed by atoms with Gasteiger partial charge >= 0.3 is 0 Å². The van der Waals surface area contributed by atoms with Crippen molar-refractivity contribution in [1.29, 1.82) is 0 Å². The second-order valence-corrected chi connectivity index (χ2v) is 4.94. The first-order chi connectivity index (χ1) is 8.61. The summed E-state index contributed by atoms with van der Waals surface area (Å²) in [5.74, 6) is -1.08. The van der Waals surface area contributed by atoms with Crippen molar-refractivity contribution < 1.29 is 14.4 Å². The van der Waals surface area contributed by atoms with Crippen LogP contribution in [-0.2, 0) is 16.1 Å². The van der Waals surface area contributed by atoms with Crippen LogP contribution in [0.1, 0.15) is 28.1 Å². The maximum atomic E-state index is 12.0. The van der Waals surface area contributed by atoms with E-state index in [1.165, 1.54) is 11.3 Å². The number of carbonyl (C=O) groups is 3. The molecule has 0 saturated carbocycles. The van der Waals surface area contributed by atoms with Gasteiger partial charge in [0.25, 0.3) is 5.91 Å². The highest BCUT2D eigenvalue weighted by Crippen LogP contribution is 2.16. The first-order valence-corrected chi connectivity index (χ1v) is 6.40. The van der Waals surface area contributed by atoms with E-state index in [1.54, 1.807) is 11.4 Å². The van der Waals surface area contributed by atoms with Crippen molar-refractivity contribution in [3.05, 3.63) is 21.9 Å². The van der Waals surface area contributed by atoms with Crippen molar-refractivity contribution in [1.82, 2.24) is 10.6 Å². The number of hydrogen-bond acceptors (Lipinski definition) is 5. The molecule has 2 heterocycles. The van der Waals surface area contributed by atoms with E-state index < -0.39 is 11.9 Å². The molecule has 0 bridgehead atoms. The molecule has 1 aromatic rings. The lowest BCUT2D eigenvalue weighted by atomic mass is 10.1. The van der Waals surface area contributed by atoms with Crippen molar-refractivity contribution in [2.75, 3.05) is 0 Å². The molecule has 1 aliphatic rings. The van der Waals surface area contributed by atoms with Crippen LogP contribution in [0.2, 0.25) is 0 Å². The van der Waals surface area contributed by atoms with Crippen LogP contribution in [0.3, 0.4) is 0 Å². The summed E-state index contributed by atoms with van der Waals surface area (Å²) in [6.07, 6.45) is 0.572. The summed E-state index contributed by atoms with van der Waals surface area (Å²) in [7, 11) is 0. The second-order valence-electron chi connectivity index (χ2n) is 3.94. The smallest absolute Gasteiger partial charge is 0.253 e. The SMILES string of the molecule is NCc1sccc1C(=O)NC1CCC(=O)NC1=O. The molecule has 1 saturated heterocycles. The lowest BCUT2D eigenvalue weighted by Gasteiger charge is -2.21. The zero-order valence-electron chi connectivity index (χ0n) is 9.56. The highest BCUT2D eigenvalue weighted by atomic mass is 32.1. The van der Waals surface area contributed by atoms with Crippen molar-refractivity contribution in [2.24, 2.45) is 5.73 Å². The molecule has 1 atom stereocenters. The van der Waals surface area contributed by atoms with E-state index in [0.29, 0.717) is 12.0 Å². The minimum absolute atomic E-state index is 0.240. The summed E-state index contributed by atoms with van der Waals surface area (Å²) < 4.78 is 0. The summed E-state index contributed by atoms with van der Waals surface area (Å²) >= 11 is 1.40. The van der Waals surface area contributed by atoms with Crippen molar-refractivity contribution in [3.8, 4) is 0 Å². The molecule has 4 N–H and O–H groups in total. The molecule has 1 aliphatic heterocycles. The standard InChI is InChI=1S/C11H13N3O3S/c12-5-8-6(3-4-18-8)10(16)13-7-1-2-9(15)14-11(7)17/h3-4,7H,1-2,5,12H2,(H,13,16)(H,14,15,17). The predicted octanol–water partition coefficient (Wildman–Crippen LogP) is -0.258. The van der Waals surface area contributed by atoms with Crippen molar-refractivity contribution in [3.63, 3.8) is 0 Å². The fourth-order valence-electron chi connectivity index (χ4n) is 1.77. The topological polar surface area (TPSA) is 101 Å². The average Bonchev–Trinajstić information content (AvgIpc) is 2.81. The minimum atomic E-state index is -0.652. The summed E-state index contributed by atoms with van der Waals surface area (Å²) in [4.78, 5) is 35.2. The first-order valence-electron chi connectivity index (χ1n) is 5.53. The van der Waals surface area contributed by atoms with Gasteiger partial charge in [-0.2, -0.15) is 0 Å². The fraction of sp³-hybridized carbons (Fsp3) is 0.364. The Morgan fingerprint density at radius 2 is 2.33 bits per heavy atom. The van der Waals surface area contributed by atoms with Crippen LogP contribution in [0.4, 0.5) is 0 Å². The number of hydrogen-bond donors (Lipinski definition) is 3. The zero-order chi connectivity index (χ0) is 13.1. The van der Waals surface area contributed by atoms with Gasteiger partial charge in [0.15, 0.2) is 0 Å². The number of nitrogens with one attached hydrogen (secondary N) is 2. The lowest BCUT2D eigenvalue weighted by molar-refractivity contribution is -0.134. The Labute approximate surface area is 108 Å². The molecule has 96 valence electrons. The predicted molar refractivity (Wildman–Crippen MR) is 65.8 cm³/mol. The van der Waals surface area contributed by atoms with Gasteiger partial charge in [-0.25, -0.2) is 0 Å². The highest BCUT2D eigenvalue weighted by Gasteiger charge is 2.28. The average molecular weight is 267 g/mol. The van der Waals surface area contributed by atoms with Gasteiger partial charge in [-0.3, -0.25) is 19.7 Å². The van der Waals surface area contributed by atoms with Gasteiger partial charge in [0.05, 0.1) is 5.56 Å². The van der Waals surface area contributed by atoms with E-state index >= 15 is 0 Å². The van der Waals surface area contributed by atoms with Gasteiger partial charge in [-0.05, 0) is 17.9 Å². The molecule has 1 unspecified atom stereocenters. The maximum absolute atomic E-state index is 12.0. The quantitative estimate of drug-likeness (QED) is 0.657. The van der Waals surface area contributed by atoms with Gasteiger partial charge in [0, 0.05) is 17.8 Å². The van der Waals surface area contributed by atoms with Crippen molar-refractivity contribution >= 4 is 29.1 Å². The summed E-state index contributed by atoms with van der Waals surface area (Å²) in [6.45, 7) is 0.287.